The third kappa shape index (κ3) is 6.90. The van der Waals surface area contributed by atoms with Crippen LogP contribution in [0.1, 0.15) is 47.9 Å². The third-order valence-electron chi connectivity index (χ3n) is 11.2. The van der Waals surface area contributed by atoms with Crippen LogP contribution in [0.15, 0.2) is 60.7 Å². The number of rotatable bonds is 9. The fraction of sp³-hybridized carbons (Fsp3) is 0.381. The average molecular weight is 740 g/mol. The summed E-state index contributed by atoms with van der Waals surface area (Å²) in [6.45, 7) is 5.12. The van der Waals surface area contributed by atoms with Gasteiger partial charge in [-0.25, -0.2) is 0 Å². The van der Waals surface area contributed by atoms with Crippen LogP contribution >= 0.6 is 23.2 Å². The zero-order chi connectivity index (χ0) is 35.9. The van der Waals surface area contributed by atoms with Crippen molar-refractivity contribution in [2.75, 3.05) is 40.4 Å². The van der Waals surface area contributed by atoms with Gasteiger partial charge in [-0.15, -0.1) is 0 Å². The molecule has 2 fully saturated rings. The van der Waals surface area contributed by atoms with E-state index in [-0.39, 0.29) is 23.9 Å². The highest BCUT2D eigenvalue weighted by Gasteiger charge is 2.29. The van der Waals surface area contributed by atoms with Gasteiger partial charge in [0.15, 0.2) is 0 Å². The van der Waals surface area contributed by atoms with E-state index in [1.165, 1.54) is 22.3 Å². The molecule has 0 unspecified atom stereocenters. The Balaban J connectivity index is 1.06. The van der Waals surface area contributed by atoms with Crippen molar-refractivity contribution in [3.05, 3.63) is 93.0 Å². The zero-order valence-corrected chi connectivity index (χ0v) is 31.2. The minimum absolute atomic E-state index is 0.150. The Bertz CT molecular complexity index is 1870. The van der Waals surface area contributed by atoms with Gasteiger partial charge in [-0.1, -0.05) is 71.7 Å². The molecule has 0 aliphatic carbocycles. The van der Waals surface area contributed by atoms with Crippen LogP contribution in [-0.4, -0.2) is 74.1 Å². The first-order valence-electron chi connectivity index (χ1n) is 18.3. The highest BCUT2D eigenvalue weighted by atomic mass is 35.5. The molecule has 2 saturated heterocycles. The van der Waals surface area contributed by atoms with Gasteiger partial charge in [0, 0.05) is 97.6 Å². The molecule has 10 heteroatoms. The predicted molar refractivity (Wildman–Crippen MR) is 206 cm³/mol. The van der Waals surface area contributed by atoms with E-state index in [4.69, 9.17) is 32.7 Å². The van der Waals surface area contributed by atoms with E-state index in [0.29, 0.717) is 22.9 Å². The van der Waals surface area contributed by atoms with Gasteiger partial charge in [0.25, 0.3) is 0 Å². The summed E-state index contributed by atoms with van der Waals surface area (Å²) in [6.07, 6.45) is 4.81. The summed E-state index contributed by atoms with van der Waals surface area (Å²) in [5, 5.41) is 7.48. The summed E-state index contributed by atoms with van der Waals surface area (Å²) in [5.74, 6) is 2.00. The lowest BCUT2D eigenvalue weighted by Gasteiger charge is -2.32. The van der Waals surface area contributed by atoms with Gasteiger partial charge >= 0.3 is 0 Å². The topological polar surface area (TPSA) is 83.1 Å². The Morgan fingerprint density at radius 2 is 1.06 bits per heavy atom. The Hall–Kier alpha value is -4.08. The van der Waals surface area contributed by atoms with E-state index >= 15 is 0 Å². The lowest BCUT2D eigenvalue weighted by atomic mass is 9.90. The van der Waals surface area contributed by atoms with E-state index in [0.717, 1.165) is 110 Å². The summed E-state index contributed by atoms with van der Waals surface area (Å²) in [7, 11) is 3.45. The maximum absolute atomic E-state index is 11.8. The number of amides is 2. The molecule has 4 aromatic rings. The van der Waals surface area contributed by atoms with Crippen molar-refractivity contribution in [3.8, 4) is 44.9 Å². The third-order valence-corrected chi connectivity index (χ3v) is 12.1. The van der Waals surface area contributed by atoms with Crippen molar-refractivity contribution in [1.29, 1.82) is 0 Å². The number of fused-ring (bicyclic) bond motifs is 2. The van der Waals surface area contributed by atoms with Gasteiger partial charge in [-0.05, 0) is 60.1 Å². The number of halogens is 2. The first-order chi connectivity index (χ1) is 25.3. The smallest absolute Gasteiger partial charge is 0.220 e. The van der Waals surface area contributed by atoms with E-state index in [1.54, 1.807) is 14.2 Å². The summed E-state index contributed by atoms with van der Waals surface area (Å²) < 4.78 is 11.9. The molecular formula is C42H44Cl2N4O4. The number of methoxy groups -OCH3 is 2. The molecule has 2 amide bonds. The first kappa shape index (κ1) is 35.0. The summed E-state index contributed by atoms with van der Waals surface area (Å²) in [5.41, 5.74) is 10.5. The Labute approximate surface area is 315 Å². The van der Waals surface area contributed by atoms with E-state index in [2.05, 4.69) is 56.8 Å². The average Bonchev–Trinajstić information content (AvgIpc) is 3.77. The van der Waals surface area contributed by atoms with E-state index < -0.39 is 0 Å². The normalized spacial score (nSPS) is 20.3. The number of carbonyl (C=O) groups excluding carboxylic acids is 2. The van der Waals surface area contributed by atoms with Gasteiger partial charge in [0.2, 0.25) is 11.8 Å². The number of hydrogen-bond donors (Lipinski definition) is 2. The second-order valence-corrected chi connectivity index (χ2v) is 15.3. The molecule has 270 valence electrons. The van der Waals surface area contributed by atoms with Crippen LogP contribution in [0.4, 0.5) is 0 Å². The number of benzene rings is 4. The largest absolute Gasteiger partial charge is 0.496 e. The monoisotopic (exact) mass is 738 g/mol. The van der Waals surface area contributed by atoms with Crippen LogP contribution in [0.2, 0.25) is 10.0 Å². The van der Waals surface area contributed by atoms with Crippen LogP contribution < -0.4 is 20.1 Å². The molecule has 0 radical (unpaired) electrons. The summed E-state index contributed by atoms with van der Waals surface area (Å²) >= 11 is 14.6. The zero-order valence-electron chi connectivity index (χ0n) is 29.7. The highest BCUT2D eigenvalue weighted by molar-refractivity contribution is 6.39. The van der Waals surface area contributed by atoms with Gasteiger partial charge < -0.3 is 20.1 Å². The van der Waals surface area contributed by atoms with E-state index in [9.17, 15) is 9.59 Å². The summed E-state index contributed by atoms with van der Waals surface area (Å²) in [6, 6.07) is 21.3. The molecular weight excluding hydrogens is 695 g/mol. The van der Waals surface area contributed by atoms with Crippen molar-refractivity contribution in [2.45, 2.75) is 63.7 Å². The minimum atomic E-state index is 0.150. The van der Waals surface area contributed by atoms with Crippen molar-refractivity contribution in [3.63, 3.8) is 0 Å². The molecule has 4 aromatic carbocycles. The van der Waals surface area contributed by atoms with Crippen molar-refractivity contribution in [2.24, 2.45) is 0 Å². The fourth-order valence-corrected chi connectivity index (χ4v) is 9.21. The molecule has 0 spiro atoms. The van der Waals surface area contributed by atoms with Gasteiger partial charge in [0.05, 0.1) is 24.3 Å². The van der Waals surface area contributed by atoms with Crippen molar-refractivity contribution < 1.29 is 19.1 Å². The van der Waals surface area contributed by atoms with Crippen LogP contribution in [0.5, 0.6) is 11.5 Å². The number of ether oxygens (including phenoxy) is 2. The Kier molecular flexibility index (Phi) is 9.92. The molecule has 8 rings (SSSR count). The molecule has 0 aromatic heterocycles. The molecule has 2 N–H and O–H groups in total. The fourth-order valence-electron chi connectivity index (χ4n) is 8.54. The minimum Gasteiger partial charge on any atom is -0.496 e. The van der Waals surface area contributed by atoms with Gasteiger partial charge in [0.1, 0.15) is 11.5 Å². The van der Waals surface area contributed by atoms with Crippen LogP contribution in [0.3, 0.4) is 0 Å². The lowest BCUT2D eigenvalue weighted by Crippen LogP contribution is -2.41. The van der Waals surface area contributed by atoms with Crippen molar-refractivity contribution in [1.82, 2.24) is 20.4 Å². The van der Waals surface area contributed by atoms with Crippen LogP contribution in [0.25, 0.3) is 33.4 Å². The predicted octanol–water partition coefficient (Wildman–Crippen LogP) is 7.29. The number of hydrogen-bond acceptors (Lipinski definition) is 6. The number of nitrogens with zero attached hydrogens (tertiary/aromatic N) is 2. The van der Waals surface area contributed by atoms with Crippen LogP contribution in [0, 0.1) is 0 Å². The van der Waals surface area contributed by atoms with E-state index in [1.807, 2.05) is 24.3 Å². The standard InChI is InChI=1S/C42H44Cl2N4O4/c1-51-37-19-27(17-25-13-15-47(23-35(25)37)21-29-9-11-39(49)45-29)31-5-3-7-33(41(31)43)34-8-4-6-32(42(34)44)28-18-26-14-16-48(22-30-10-12-40(50)46-30)24-36(26)38(20-28)52-2/h3-8,17-20,29-30H,9-16,21-24H2,1-2H3,(H,45,49)(H,46,50)/t29-,30-/m0/s1. The molecule has 52 heavy (non-hydrogen) atoms. The maximum Gasteiger partial charge on any atom is 0.220 e. The Morgan fingerprint density at radius 1 is 0.635 bits per heavy atom. The molecule has 0 saturated carbocycles. The van der Waals surface area contributed by atoms with Gasteiger partial charge in [-0.2, -0.15) is 0 Å². The highest BCUT2D eigenvalue weighted by Crippen LogP contribution is 2.45. The van der Waals surface area contributed by atoms with Crippen LogP contribution in [-0.2, 0) is 35.5 Å². The maximum atomic E-state index is 11.8. The Morgan fingerprint density at radius 3 is 1.44 bits per heavy atom. The van der Waals surface area contributed by atoms with Crippen molar-refractivity contribution >= 4 is 35.0 Å². The molecule has 8 nitrogen and oxygen atoms in total. The quantitative estimate of drug-likeness (QED) is 0.188. The number of nitrogens with one attached hydrogen (secondary N) is 2. The second-order valence-electron chi connectivity index (χ2n) is 14.5. The molecule has 4 aliphatic heterocycles. The molecule has 4 aliphatic rings. The van der Waals surface area contributed by atoms with Gasteiger partial charge in [-0.3, -0.25) is 19.4 Å². The molecule has 4 heterocycles. The SMILES string of the molecule is COc1cc(-c2cccc(-c3cccc(-c4cc5c(c(OC)c4)CN(C[C@@H]4CCC(=O)N4)CC5)c3Cl)c2Cl)cc2c1CN(C[C@@H]1CCC(=O)N1)CC2. The molecule has 0 bridgehead atoms. The molecule has 2 atom stereocenters. The second kappa shape index (κ2) is 14.7. The number of carbonyl (C=O) groups is 2. The first-order valence-corrected chi connectivity index (χ1v) is 19.0. The lowest BCUT2D eigenvalue weighted by molar-refractivity contribution is -0.120. The summed E-state index contributed by atoms with van der Waals surface area (Å²) in [4.78, 5) is 28.3.